The van der Waals surface area contributed by atoms with Crippen LogP contribution in [0.1, 0.15) is 23.6 Å². The number of aryl methyl sites for hydroxylation is 1. The first-order chi connectivity index (χ1) is 12.7. The van der Waals surface area contributed by atoms with E-state index in [1.54, 1.807) is 12.1 Å². The van der Waals surface area contributed by atoms with Gasteiger partial charge in [-0.15, -0.1) is 0 Å². The summed E-state index contributed by atoms with van der Waals surface area (Å²) in [6, 6.07) is 13.4. The zero-order chi connectivity index (χ0) is 19.6. The minimum absolute atomic E-state index is 0.128. The fraction of sp³-hybridized carbons (Fsp3) is 0.200. The van der Waals surface area contributed by atoms with Crippen LogP contribution in [0.25, 0.3) is 11.0 Å². The quantitative estimate of drug-likeness (QED) is 0.501. The van der Waals surface area contributed by atoms with Crippen LogP contribution in [0.4, 0.5) is 14.5 Å². The third kappa shape index (κ3) is 4.68. The Labute approximate surface area is 160 Å². The standard InChI is InChI=1S/C20H18F2N2O2S/c1-12-3-6-14(7-4-12)24-19(27)23-11-13-5-8-17-15(9-13)16(20(2,21)22)10-18(25)26-17/h3-10H,11H2,1-2H3,(H2,23,24,27). The summed E-state index contributed by atoms with van der Waals surface area (Å²) in [6.07, 6.45) is 0. The number of nitrogens with one attached hydrogen (secondary N) is 2. The van der Waals surface area contributed by atoms with Crippen molar-refractivity contribution in [2.45, 2.75) is 26.3 Å². The summed E-state index contributed by atoms with van der Waals surface area (Å²) in [6.45, 7) is 3.09. The van der Waals surface area contributed by atoms with Crippen molar-refractivity contribution in [1.82, 2.24) is 5.32 Å². The lowest BCUT2D eigenvalue weighted by atomic mass is 10.0. The van der Waals surface area contributed by atoms with Gasteiger partial charge in [-0.05, 0) is 49.0 Å². The molecular formula is C20H18F2N2O2S. The summed E-state index contributed by atoms with van der Waals surface area (Å²) in [5, 5.41) is 6.72. The van der Waals surface area contributed by atoms with Gasteiger partial charge in [0.25, 0.3) is 5.92 Å². The first kappa shape index (κ1) is 19.0. The molecule has 0 aliphatic carbocycles. The second kappa shape index (κ2) is 7.44. The number of alkyl halides is 2. The molecule has 1 heterocycles. The van der Waals surface area contributed by atoms with Gasteiger partial charge >= 0.3 is 5.63 Å². The molecule has 0 saturated heterocycles. The zero-order valence-corrected chi connectivity index (χ0v) is 15.6. The maximum Gasteiger partial charge on any atom is 0.336 e. The number of rotatable bonds is 4. The van der Waals surface area contributed by atoms with E-state index in [0.717, 1.165) is 29.8 Å². The normalized spacial score (nSPS) is 11.4. The van der Waals surface area contributed by atoms with E-state index < -0.39 is 11.5 Å². The van der Waals surface area contributed by atoms with Gasteiger partial charge in [-0.3, -0.25) is 0 Å². The monoisotopic (exact) mass is 388 g/mol. The molecule has 0 atom stereocenters. The van der Waals surface area contributed by atoms with Gasteiger partial charge in [-0.2, -0.15) is 0 Å². The van der Waals surface area contributed by atoms with Crippen LogP contribution in [0.3, 0.4) is 0 Å². The van der Waals surface area contributed by atoms with Gasteiger partial charge < -0.3 is 15.1 Å². The predicted octanol–water partition coefficient (Wildman–Crippen LogP) is 4.70. The third-order valence-corrected chi connectivity index (χ3v) is 4.29. The van der Waals surface area contributed by atoms with Crippen molar-refractivity contribution in [3.8, 4) is 0 Å². The number of halogens is 2. The van der Waals surface area contributed by atoms with Gasteiger partial charge in [0.2, 0.25) is 0 Å². The Bertz CT molecular complexity index is 1040. The van der Waals surface area contributed by atoms with Crippen LogP contribution in [0.15, 0.2) is 57.7 Å². The molecule has 0 aliphatic rings. The van der Waals surface area contributed by atoms with Gasteiger partial charge in [-0.1, -0.05) is 23.8 Å². The second-order valence-corrected chi connectivity index (χ2v) is 6.78. The summed E-state index contributed by atoms with van der Waals surface area (Å²) < 4.78 is 32.7. The van der Waals surface area contributed by atoms with Crippen molar-refractivity contribution >= 4 is 34.0 Å². The summed E-state index contributed by atoms with van der Waals surface area (Å²) in [5.74, 6) is -3.15. The van der Waals surface area contributed by atoms with Gasteiger partial charge in [0.15, 0.2) is 5.11 Å². The van der Waals surface area contributed by atoms with Crippen molar-refractivity contribution in [2.24, 2.45) is 0 Å². The molecule has 0 saturated carbocycles. The van der Waals surface area contributed by atoms with Crippen molar-refractivity contribution in [1.29, 1.82) is 0 Å². The van der Waals surface area contributed by atoms with Crippen LogP contribution in [0.5, 0.6) is 0 Å². The molecule has 2 aromatic carbocycles. The Morgan fingerprint density at radius 1 is 1.15 bits per heavy atom. The zero-order valence-electron chi connectivity index (χ0n) is 14.8. The minimum Gasteiger partial charge on any atom is -0.423 e. The molecule has 27 heavy (non-hydrogen) atoms. The molecule has 0 aliphatic heterocycles. The first-order valence-corrected chi connectivity index (χ1v) is 8.70. The van der Waals surface area contributed by atoms with Gasteiger partial charge in [0.05, 0.1) is 0 Å². The average Bonchev–Trinajstić information content (AvgIpc) is 2.60. The Hall–Kier alpha value is -2.80. The summed E-state index contributed by atoms with van der Waals surface area (Å²) in [4.78, 5) is 11.5. The van der Waals surface area contributed by atoms with Crippen molar-refractivity contribution in [2.75, 3.05) is 5.32 Å². The maximum absolute atomic E-state index is 13.9. The number of fused-ring (bicyclic) bond motifs is 1. The molecule has 2 N–H and O–H groups in total. The SMILES string of the molecule is Cc1ccc(NC(=S)NCc2ccc3oc(=O)cc(C(C)(F)F)c3c2)cc1. The van der Waals surface area contributed by atoms with E-state index in [0.29, 0.717) is 11.7 Å². The van der Waals surface area contributed by atoms with E-state index in [1.807, 2.05) is 31.2 Å². The lowest BCUT2D eigenvalue weighted by Gasteiger charge is -2.14. The predicted molar refractivity (Wildman–Crippen MR) is 106 cm³/mol. The Morgan fingerprint density at radius 3 is 2.52 bits per heavy atom. The highest BCUT2D eigenvalue weighted by molar-refractivity contribution is 7.80. The van der Waals surface area contributed by atoms with Gasteiger partial charge in [-0.25, -0.2) is 13.6 Å². The molecule has 0 bridgehead atoms. The van der Waals surface area contributed by atoms with E-state index in [2.05, 4.69) is 10.6 Å². The highest BCUT2D eigenvalue weighted by Gasteiger charge is 2.28. The molecule has 140 valence electrons. The number of hydrogen-bond acceptors (Lipinski definition) is 3. The molecule has 4 nitrogen and oxygen atoms in total. The van der Waals surface area contributed by atoms with Crippen LogP contribution < -0.4 is 16.3 Å². The number of anilines is 1. The molecule has 3 aromatic rings. The smallest absolute Gasteiger partial charge is 0.336 e. The van der Waals surface area contributed by atoms with Crippen LogP contribution >= 0.6 is 12.2 Å². The number of benzene rings is 2. The van der Waals surface area contributed by atoms with Crippen LogP contribution in [0, 0.1) is 6.92 Å². The second-order valence-electron chi connectivity index (χ2n) is 6.37. The van der Waals surface area contributed by atoms with E-state index in [4.69, 9.17) is 16.6 Å². The molecule has 3 rings (SSSR count). The number of hydrogen-bond donors (Lipinski definition) is 2. The third-order valence-electron chi connectivity index (χ3n) is 4.04. The summed E-state index contributed by atoms with van der Waals surface area (Å²) in [7, 11) is 0. The Balaban J connectivity index is 1.77. The largest absolute Gasteiger partial charge is 0.423 e. The molecule has 0 fully saturated rings. The maximum atomic E-state index is 13.9. The molecule has 0 unspecified atom stereocenters. The average molecular weight is 388 g/mol. The molecule has 0 amide bonds. The summed E-state index contributed by atoms with van der Waals surface area (Å²) >= 11 is 5.26. The van der Waals surface area contributed by atoms with Gasteiger partial charge in [0, 0.05) is 36.2 Å². The van der Waals surface area contributed by atoms with Crippen molar-refractivity contribution in [3.05, 3.63) is 75.6 Å². The fourth-order valence-corrected chi connectivity index (χ4v) is 2.87. The topological polar surface area (TPSA) is 54.3 Å². The van der Waals surface area contributed by atoms with E-state index >= 15 is 0 Å². The molecule has 0 radical (unpaired) electrons. The van der Waals surface area contributed by atoms with Crippen molar-refractivity contribution in [3.63, 3.8) is 0 Å². The van der Waals surface area contributed by atoms with Gasteiger partial charge in [0.1, 0.15) is 5.58 Å². The Kier molecular flexibility index (Phi) is 5.23. The van der Waals surface area contributed by atoms with E-state index in [1.165, 1.54) is 6.07 Å². The summed E-state index contributed by atoms with van der Waals surface area (Å²) in [5.41, 5.74) is 1.71. The van der Waals surface area contributed by atoms with Crippen molar-refractivity contribution < 1.29 is 13.2 Å². The fourth-order valence-electron chi connectivity index (χ4n) is 2.68. The molecule has 1 aromatic heterocycles. The highest BCUT2D eigenvalue weighted by atomic mass is 32.1. The molecule has 0 spiro atoms. The van der Waals surface area contributed by atoms with E-state index in [9.17, 15) is 13.6 Å². The van der Waals surface area contributed by atoms with Crippen LogP contribution in [-0.4, -0.2) is 5.11 Å². The lowest BCUT2D eigenvalue weighted by Crippen LogP contribution is -2.27. The lowest BCUT2D eigenvalue weighted by molar-refractivity contribution is 0.0186. The molecular weight excluding hydrogens is 370 g/mol. The number of thiocarbonyl (C=S) groups is 1. The van der Waals surface area contributed by atoms with Crippen LogP contribution in [-0.2, 0) is 12.5 Å². The first-order valence-electron chi connectivity index (χ1n) is 8.29. The van der Waals surface area contributed by atoms with E-state index in [-0.39, 0.29) is 16.5 Å². The minimum atomic E-state index is -3.15. The Morgan fingerprint density at radius 2 is 1.85 bits per heavy atom. The highest BCUT2D eigenvalue weighted by Crippen LogP contribution is 2.32. The van der Waals surface area contributed by atoms with Crippen LogP contribution in [0.2, 0.25) is 0 Å². The molecule has 7 heteroatoms.